The molecule has 2 aromatic rings. The van der Waals surface area contributed by atoms with E-state index in [0.29, 0.717) is 10.8 Å². The van der Waals surface area contributed by atoms with Gasteiger partial charge in [0, 0.05) is 11.9 Å². The first-order valence-electron chi connectivity index (χ1n) is 7.54. The molecule has 0 fully saturated rings. The monoisotopic (exact) mass is 383 g/mol. The molecule has 1 amide bonds. The molecule has 1 atom stereocenters. The number of thiol groups is 1. The van der Waals surface area contributed by atoms with Crippen molar-refractivity contribution < 1.29 is 19.1 Å². The van der Waals surface area contributed by atoms with E-state index in [2.05, 4.69) is 23.0 Å². The number of hydrogen-bond donors (Lipinski definition) is 2. The summed E-state index contributed by atoms with van der Waals surface area (Å²) in [5.74, 6) is -0.420. The minimum absolute atomic E-state index is 0.00949. The smallest absolute Gasteiger partial charge is 0.329 e. The SMILES string of the molecule is CCOC(=O)[C@H](CS)NC(=O)c1ccnn1COc1ccccc1Cl. The molecule has 1 aromatic heterocycles. The summed E-state index contributed by atoms with van der Waals surface area (Å²) < 4.78 is 11.8. The van der Waals surface area contributed by atoms with E-state index in [4.69, 9.17) is 21.1 Å². The highest BCUT2D eigenvalue weighted by Crippen LogP contribution is 2.23. The molecule has 0 bridgehead atoms. The molecule has 25 heavy (non-hydrogen) atoms. The summed E-state index contributed by atoms with van der Waals surface area (Å²) in [4.78, 5) is 24.2. The lowest BCUT2D eigenvalue weighted by atomic mass is 10.3. The molecular formula is C16H18ClN3O4S. The molecule has 0 aliphatic heterocycles. The first kappa shape index (κ1) is 19.1. The fourth-order valence-electron chi connectivity index (χ4n) is 1.98. The lowest BCUT2D eigenvalue weighted by molar-refractivity contribution is -0.144. The number of aromatic nitrogens is 2. The average Bonchev–Trinajstić information content (AvgIpc) is 3.07. The average molecular weight is 384 g/mol. The second-order valence-electron chi connectivity index (χ2n) is 4.88. The van der Waals surface area contributed by atoms with Crippen molar-refractivity contribution in [3.05, 3.63) is 47.2 Å². The zero-order chi connectivity index (χ0) is 18.2. The van der Waals surface area contributed by atoms with Crippen molar-refractivity contribution in [2.75, 3.05) is 12.4 Å². The van der Waals surface area contributed by atoms with Gasteiger partial charge in [-0.25, -0.2) is 9.48 Å². The van der Waals surface area contributed by atoms with E-state index in [1.165, 1.54) is 16.9 Å². The van der Waals surface area contributed by atoms with Crippen molar-refractivity contribution in [2.24, 2.45) is 0 Å². The summed E-state index contributed by atoms with van der Waals surface area (Å²) in [5.41, 5.74) is 0.239. The molecule has 0 saturated heterocycles. The summed E-state index contributed by atoms with van der Waals surface area (Å²) in [5, 5.41) is 7.08. The number of amides is 1. The molecule has 9 heteroatoms. The number of nitrogens with one attached hydrogen (secondary N) is 1. The Balaban J connectivity index is 2.03. The third-order valence-electron chi connectivity index (χ3n) is 3.19. The predicted octanol–water partition coefficient (Wildman–Crippen LogP) is 2.16. The lowest BCUT2D eigenvalue weighted by Crippen LogP contribution is -2.44. The number of hydrogen-bond acceptors (Lipinski definition) is 6. The zero-order valence-corrected chi connectivity index (χ0v) is 15.2. The Morgan fingerprint density at radius 2 is 2.12 bits per heavy atom. The molecule has 0 saturated carbocycles. The Morgan fingerprint density at radius 3 is 2.80 bits per heavy atom. The largest absolute Gasteiger partial charge is 0.470 e. The normalized spacial score (nSPS) is 11.6. The summed E-state index contributed by atoms with van der Waals surface area (Å²) in [6.45, 7) is 1.91. The lowest BCUT2D eigenvalue weighted by Gasteiger charge is -2.16. The van der Waals surface area contributed by atoms with Crippen LogP contribution in [0.1, 0.15) is 17.4 Å². The highest BCUT2D eigenvalue weighted by Gasteiger charge is 2.23. The topological polar surface area (TPSA) is 82.5 Å². The van der Waals surface area contributed by atoms with Crippen molar-refractivity contribution in [3.63, 3.8) is 0 Å². The maximum Gasteiger partial charge on any atom is 0.329 e. The van der Waals surface area contributed by atoms with Gasteiger partial charge in [-0.2, -0.15) is 17.7 Å². The molecule has 1 N–H and O–H groups in total. The third-order valence-corrected chi connectivity index (χ3v) is 3.86. The zero-order valence-electron chi connectivity index (χ0n) is 13.5. The van der Waals surface area contributed by atoms with Crippen LogP contribution in [0.15, 0.2) is 36.5 Å². The minimum Gasteiger partial charge on any atom is -0.470 e. The van der Waals surface area contributed by atoms with Gasteiger partial charge in [-0.1, -0.05) is 23.7 Å². The highest BCUT2D eigenvalue weighted by molar-refractivity contribution is 7.80. The Labute approximate surface area is 155 Å². The molecule has 0 aliphatic carbocycles. The van der Waals surface area contributed by atoms with Gasteiger partial charge in [0.05, 0.1) is 11.6 Å². The first-order chi connectivity index (χ1) is 12.1. The van der Waals surface area contributed by atoms with Crippen LogP contribution >= 0.6 is 24.2 Å². The molecule has 134 valence electrons. The quantitative estimate of drug-likeness (QED) is 0.539. The van der Waals surface area contributed by atoms with Gasteiger partial charge in [0.1, 0.15) is 17.5 Å². The molecule has 7 nitrogen and oxygen atoms in total. The summed E-state index contributed by atoms with van der Waals surface area (Å²) in [7, 11) is 0. The van der Waals surface area contributed by atoms with Gasteiger partial charge < -0.3 is 14.8 Å². The van der Waals surface area contributed by atoms with Crippen LogP contribution < -0.4 is 10.1 Å². The Kier molecular flexibility index (Phi) is 7.15. The van der Waals surface area contributed by atoms with Crippen LogP contribution in [-0.4, -0.2) is 40.1 Å². The van der Waals surface area contributed by atoms with E-state index >= 15 is 0 Å². The van der Waals surface area contributed by atoms with E-state index < -0.39 is 17.9 Å². The number of esters is 1. The second kappa shape index (κ2) is 9.33. The Morgan fingerprint density at radius 1 is 1.36 bits per heavy atom. The number of halogens is 1. The molecule has 1 heterocycles. The minimum atomic E-state index is -0.844. The van der Waals surface area contributed by atoms with Crippen molar-refractivity contribution in [3.8, 4) is 5.75 Å². The molecule has 0 spiro atoms. The van der Waals surface area contributed by atoms with Gasteiger partial charge >= 0.3 is 5.97 Å². The van der Waals surface area contributed by atoms with Gasteiger partial charge in [-0.3, -0.25) is 4.79 Å². The van der Waals surface area contributed by atoms with Gasteiger partial charge in [0.15, 0.2) is 6.73 Å². The Hall–Kier alpha value is -2.19. The van der Waals surface area contributed by atoms with Crippen molar-refractivity contribution in [1.29, 1.82) is 0 Å². The van der Waals surface area contributed by atoms with Crippen LogP contribution in [0.2, 0.25) is 5.02 Å². The number of carbonyl (C=O) groups excluding carboxylic acids is 2. The summed E-state index contributed by atoms with van der Waals surface area (Å²) in [6, 6.07) is 7.66. The maximum atomic E-state index is 12.4. The summed E-state index contributed by atoms with van der Waals surface area (Å²) >= 11 is 10.1. The number of nitrogens with zero attached hydrogens (tertiary/aromatic N) is 2. The fourth-order valence-corrected chi connectivity index (χ4v) is 2.41. The number of benzene rings is 1. The Bertz CT molecular complexity index is 738. The number of ether oxygens (including phenoxy) is 2. The predicted molar refractivity (Wildman–Crippen MR) is 96.0 cm³/mol. The van der Waals surface area contributed by atoms with Crippen molar-refractivity contribution in [1.82, 2.24) is 15.1 Å². The van der Waals surface area contributed by atoms with Gasteiger partial charge in [0.25, 0.3) is 5.91 Å². The third kappa shape index (κ3) is 5.14. The van der Waals surface area contributed by atoms with E-state index in [1.807, 2.05) is 0 Å². The number of carbonyl (C=O) groups is 2. The standard InChI is InChI=1S/C16H18ClN3O4S/c1-2-23-16(22)12(9-25)19-15(21)13-7-8-18-20(13)10-24-14-6-4-3-5-11(14)17/h3-8,12,25H,2,9-10H2,1H3,(H,19,21)/t12-/m0/s1. The van der Waals surface area contributed by atoms with Crippen LogP contribution in [0.3, 0.4) is 0 Å². The highest BCUT2D eigenvalue weighted by atomic mass is 35.5. The molecule has 1 aromatic carbocycles. The van der Waals surface area contributed by atoms with Gasteiger partial charge in [0.2, 0.25) is 0 Å². The maximum absolute atomic E-state index is 12.4. The van der Waals surface area contributed by atoms with Gasteiger partial charge in [-0.15, -0.1) is 0 Å². The molecule has 0 aliphatic rings. The second-order valence-corrected chi connectivity index (χ2v) is 5.65. The molecule has 0 unspecified atom stereocenters. The molecule has 0 radical (unpaired) electrons. The van der Waals surface area contributed by atoms with E-state index in [0.717, 1.165) is 0 Å². The van der Waals surface area contributed by atoms with Gasteiger partial charge in [-0.05, 0) is 25.1 Å². The van der Waals surface area contributed by atoms with E-state index in [9.17, 15) is 9.59 Å². The van der Waals surface area contributed by atoms with Crippen molar-refractivity contribution in [2.45, 2.75) is 19.7 Å². The number of para-hydroxylation sites is 1. The number of rotatable bonds is 8. The molecular weight excluding hydrogens is 366 g/mol. The van der Waals surface area contributed by atoms with Crippen LogP contribution in [-0.2, 0) is 16.3 Å². The van der Waals surface area contributed by atoms with Crippen LogP contribution in [0, 0.1) is 0 Å². The first-order valence-corrected chi connectivity index (χ1v) is 8.55. The van der Waals surface area contributed by atoms with E-state index in [-0.39, 0.29) is 24.8 Å². The van der Waals surface area contributed by atoms with Crippen LogP contribution in [0.5, 0.6) is 5.75 Å². The van der Waals surface area contributed by atoms with Crippen molar-refractivity contribution >= 4 is 36.1 Å². The van der Waals surface area contributed by atoms with Crippen LogP contribution in [0.4, 0.5) is 0 Å². The summed E-state index contributed by atoms with van der Waals surface area (Å²) in [6.07, 6.45) is 1.46. The van der Waals surface area contributed by atoms with Crippen LogP contribution in [0.25, 0.3) is 0 Å². The molecule has 2 rings (SSSR count). The van der Waals surface area contributed by atoms with E-state index in [1.54, 1.807) is 31.2 Å². The fraction of sp³-hybridized carbons (Fsp3) is 0.312.